The summed E-state index contributed by atoms with van der Waals surface area (Å²) in [6, 6.07) is 0. The van der Waals surface area contributed by atoms with E-state index >= 15 is 0 Å². The van der Waals surface area contributed by atoms with E-state index in [2.05, 4.69) is 0 Å². The molecule has 82 valence electrons. The summed E-state index contributed by atoms with van der Waals surface area (Å²) in [6.07, 6.45) is -10.1. The standard InChI is InChI=1S/C6H4F6O2/c7-3(4(8)9)1-2(5(13)14)6(10,11)12/h2H,1H2,(H,13,14). The van der Waals surface area contributed by atoms with E-state index in [1.807, 2.05) is 0 Å². The smallest absolute Gasteiger partial charge is 0.402 e. The van der Waals surface area contributed by atoms with Crippen LogP contribution in [0.5, 0.6) is 0 Å². The first-order valence-corrected chi connectivity index (χ1v) is 3.15. The fraction of sp³-hybridized carbons (Fsp3) is 0.500. The maximum Gasteiger partial charge on any atom is 0.402 e. The first kappa shape index (κ1) is 12.8. The molecular formula is C6H4F6O2. The molecule has 0 heterocycles. The largest absolute Gasteiger partial charge is 0.481 e. The molecule has 0 saturated carbocycles. The Kier molecular flexibility index (Phi) is 3.96. The van der Waals surface area contributed by atoms with Gasteiger partial charge in [0.1, 0.15) is 0 Å². The molecule has 14 heavy (non-hydrogen) atoms. The second-order valence-corrected chi connectivity index (χ2v) is 2.30. The van der Waals surface area contributed by atoms with Gasteiger partial charge in [-0.2, -0.15) is 22.0 Å². The number of hydrogen-bond donors (Lipinski definition) is 1. The van der Waals surface area contributed by atoms with Crippen LogP contribution in [0, 0.1) is 5.92 Å². The summed E-state index contributed by atoms with van der Waals surface area (Å²) in [4.78, 5) is 9.95. The lowest BCUT2D eigenvalue weighted by molar-refractivity contribution is -0.193. The Labute approximate surface area is 73.8 Å². The highest BCUT2D eigenvalue weighted by molar-refractivity contribution is 5.71. The molecule has 8 heteroatoms. The van der Waals surface area contributed by atoms with Gasteiger partial charge in [-0.1, -0.05) is 0 Å². The molecule has 0 fully saturated rings. The van der Waals surface area contributed by atoms with Gasteiger partial charge in [0.15, 0.2) is 11.7 Å². The SMILES string of the molecule is O=C(O)C(CC(F)=C(F)F)C(F)(F)F. The quantitative estimate of drug-likeness (QED) is 0.745. The Morgan fingerprint density at radius 2 is 1.64 bits per heavy atom. The van der Waals surface area contributed by atoms with Crippen LogP contribution in [0.3, 0.4) is 0 Å². The maximum atomic E-state index is 12.0. The van der Waals surface area contributed by atoms with E-state index in [-0.39, 0.29) is 0 Å². The van der Waals surface area contributed by atoms with Gasteiger partial charge >= 0.3 is 18.2 Å². The normalized spacial score (nSPS) is 13.6. The van der Waals surface area contributed by atoms with Crippen LogP contribution < -0.4 is 0 Å². The highest BCUT2D eigenvalue weighted by Gasteiger charge is 2.46. The zero-order valence-corrected chi connectivity index (χ0v) is 6.41. The Balaban J connectivity index is 4.74. The fourth-order valence-electron chi connectivity index (χ4n) is 0.599. The Hall–Kier alpha value is -1.21. The summed E-state index contributed by atoms with van der Waals surface area (Å²) in [5.41, 5.74) is 0. The fourth-order valence-corrected chi connectivity index (χ4v) is 0.599. The number of rotatable bonds is 3. The second kappa shape index (κ2) is 4.34. The molecule has 0 radical (unpaired) electrons. The molecule has 0 aromatic heterocycles. The zero-order chi connectivity index (χ0) is 11.5. The monoisotopic (exact) mass is 222 g/mol. The van der Waals surface area contributed by atoms with Crippen molar-refractivity contribution in [2.45, 2.75) is 12.6 Å². The van der Waals surface area contributed by atoms with Crippen LogP contribution in [-0.4, -0.2) is 17.3 Å². The van der Waals surface area contributed by atoms with Gasteiger partial charge in [-0.3, -0.25) is 4.79 Å². The highest BCUT2D eigenvalue weighted by atomic mass is 19.4. The van der Waals surface area contributed by atoms with Crippen molar-refractivity contribution >= 4 is 5.97 Å². The molecular weight excluding hydrogens is 218 g/mol. The average Bonchev–Trinajstić information content (AvgIpc) is 1.96. The maximum absolute atomic E-state index is 12.0. The van der Waals surface area contributed by atoms with Crippen molar-refractivity contribution in [3.8, 4) is 0 Å². The van der Waals surface area contributed by atoms with Crippen LogP contribution in [-0.2, 0) is 4.79 Å². The van der Waals surface area contributed by atoms with Crippen LogP contribution in [0.4, 0.5) is 26.3 Å². The van der Waals surface area contributed by atoms with E-state index in [1.165, 1.54) is 0 Å². The molecule has 1 atom stereocenters. The molecule has 0 aliphatic carbocycles. The molecule has 0 aliphatic heterocycles. The van der Waals surface area contributed by atoms with E-state index < -0.39 is 36.4 Å². The Bertz CT molecular complexity index is 252. The number of hydrogen-bond acceptors (Lipinski definition) is 1. The number of aliphatic carboxylic acids is 1. The van der Waals surface area contributed by atoms with Gasteiger partial charge in [0.2, 0.25) is 0 Å². The van der Waals surface area contributed by atoms with Crippen LogP contribution in [0.2, 0.25) is 0 Å². The minimum absolute atomic E-state index is 1.89. The van der Waals surface area contributed by atoms with Gasteiger partial charge < -0.3 is 5.11 Å². The third-order valence-corrected chi connectivity index (χ3v) is 1.28. The molecule has 0 amide bonds. The Morgan fingerprint density at radius 1 is 1.21 bits per heavy atom. The molecule has 1 unspecified atom stereocenters. The molecule has 0 spiro atoms. The van der Waals surface area contributed by atoms with E-state index in [9.17, 15) is 31.1 Å². The number of carbonyl (C=O) groups is 1. The molecule has 1 N–H and O–H groups in total. The minimum atomic E-state index is -5.25. The predicted molar refractivity (Wildman–Crippen MR) is 32.1 cm³/mol. The summed E-state index contributed by atoms with van der Waals surface area (Å²) in [6.45, 7) is 0. The lowest BCUT2D eigenvalue weighted by Gasteiger charge is -2.14. The van der Waals surface area contributed by atoms with Gasteiger partial charge in [0.05, 0.1) is 0 Å². The first-order chi connectivity index (χ1) is 6.16. The van der Waals surface area contributed by atoms with Crippen molar-refractivity contribution < 1.29 is 36.2 Å². The number of allylic oxidation sites excluding steroid dienone is 1. The highest BCUT2D eigenvalue weighted by Crippen LogP contribution is 2.32. The van der Waals surface area contributed by atoms with Crippen molar-refractivity contribution in [1.29, 1.82) is 0 Å². The molecule has 0 saturated heterocycles. The number of alkyl halides is 3. The summed E-state index contributed by atoms with van der Waals surface area (Å²) < 4.78 is 70.1. The van der Waals surface area contributed by atoms with Crippen molar-refractivity contribution in [3.63, 3.8) is 0 Å². The van der Waals surface area contributed by atoms with Crippen LogP contribution >= 0.6 is 0 Å². The van der Waals surface area contributed by atoms with Gasteiger partial charge in [-0.05, 0) is 0 Å². The summed E-state index contributed by atoms with van der Waals surface area (Å²) in [7, 11) is 0. The molecule has 0 aromatic carbocycles. The van der Waals surface area contributed by atoms with Crippen LogP contribution in [0.25, 0.3) is 0 Å². The lowest BCUT2D eigenvalue weighted by atomic mass is 10.1. The molecule has 0 bridgehead atoms. The second-order valence-electron chi connectivity index (χ2n) is 2.30. The van der Waals surface area contributed by atoms with Crippen LogP contribution in [0.15, 0.2) is 11.9 Å². The van der Waals surface area contributed by atoms with Gasteiger partial charge in [-0.25, -0.2) is 4.39 Å². The van der Waals surface area contributed by atoms with E-state index in [1.54, 1.807) is 0 Å². The third kappa shape index (κ3) is 3.67. The third-order valence-electron chi connectivity index (χ3n) is 1.28. The zero-order valence-electron chi connectivity index (χ0n) is 6.41. The first-order valence-electron chi connectivity index (χ1n) is 3.15. The van der Waals surface area contributed by atoms with Crippen molar-refractivity contribution in [1.82, 2.24) is 0 Å². The van der Waals surface area contributed by atoms with E-state index in [0.717, 1.165) is 0 Å². The van der Waals surface area contributed by atoms with Crippen molar-refractivity contribution in [3.05, 3.63) is 11.9 Å². The number of carboxylic acids is 1. The summed E-state index contributed by atoms with van der Waals surface area (Å²) in [5, 5.41) is 7.99. The summed E-state index contributed by atoms with van der Waals surface area (Å²) >= 11 is 0. The number of carboxylic acid groups (broad SMARTS) is 1. The van der Waals surface area contributed by atoms with Crippen molar-refractivity contribution in [2.75, 3.05) is 0 Å². The Morgan fingerprint density at radius 3 is 1.86 bits per heavy atom. The number of halogens is 6. The average molecular weight is 222 g/mol. The minimum Gasteiger partial charge on any atom is -0.481 e. The predicted octanol–water partition coefficient (Wildman–Crippen LogP) is 2.72. The lowest BCUT2D eigenvalue weighted by Crippen LogP contribution is -2.30. The molecule has 0 rings (SSSR count). The van der Waals surface area contributed by atoms with Gasteiger partial charge in [0.25, 0.3) is 0 Å². The van der Waals surface area contributed by atoms with Crippen LogP contribution in [0.1, 0.15) is 6.42 Å². The molecule has 0 aliphatic rings. The van der Waals surface area contributed by atoms with E-state index in [4.69, 9.17) is 5.11 Å². The van der Waals surface area contributed by atoms with Crippen molar-refractivity contribution in [2.24, 2.45) is 5.92 Å². The van der Waals surface area contributed by atoms with Gasteiger partial charge in [0, 0.05) is 6.42 Å². The summed E-state index contributed by atoms with van der Waals surface area (Å²) in [5.74, 6) is -7.91. The molecule has 2 nitrogen and oxygen atoms in total. The van der Waals surface area contributed by atoms with Gasteiger partial charge in [-0.15, -0.1) is 0 Å². The molecule has 0 aromatic rings. The topological polar surface area (TPSA) is 37.3 Å². The van der Waals surface area contributed by atoms with E-state index in [0.29, 0.717) is 0 Å².